The Kier molecular flexibility index (Phi) is 5.28. The molecule has 0 saturated carbocycles. The summed E-state index contributed by atoms with van der Waals surface area (Å²) in [6.45, 7) is 1.72. The van der Waals surface area contributed by atoms with E-state index in [1.807, 2.05) is 54.6 Å². The van der Waals surface area contributed by atoms with E-state index >= 15 is 0 Å². The van der Waals surface area contributed by atoms with Crippen LogP contribution in [0, 0.1) is 12.7 Å². The quantitative estimate of drug-likeness (QED) is 0.518. The fourth-order valence-electron chi connectivity index (χ4n) is 3.19. The Hall–Kier alpha value is -4.33. The molecule has 0 saturated heterocycles. The summed E-state index contributed by atoms with van der Waals surface area (Å²) in [7, 11) is 0. The Morgan fingerprint density at radius 2 is 1.65 bits per heavy atom. The molecule has 0 atom stereocenters. The molecule has 31 heavy (non-hydrogen) atoms. The van der Waals surface area contributed by atoms with Gasteiger partial charge in [-0.2, -0.15) is 0 Å². The van der Waals surface area contributed by atoms with E-state index in [9.17, 15) is 14.0 Å². The average molecular weight is 415 g/mol. The average Bonchev–Trinajstić information content (AvgIpc) is 3.17. The van der Waals surface area contributed by atoms with Crippen molar-refractivity contribution >= 4 is 17.5 Å². The van der Waals surface area contributed by atoms with Crippen molar-refractivity contribution in [3.05, 3.63) is 95.6 Å². The number of hydrogen-bond donors (Lipinski definition) is 2. The van der Waals surface area contributed by atoms with Crippen LogP contribution >= 0.6 is 0 Å². The molecule has 154 valence electrons. The molecule has 0 bridgehead atoms. The van der Waals surface area contributed by atoms with Gasteiger partial charge >= 0.3 is 0 Å². The van der Waals surface area contributed by atoms with Gasteiger partial charge < -0.3 is 11.1 Å². The van der Waals surface area contributed by atoms with Gasteiger partial charge in [0.2, 0.25) is 0 Å². The van der Waals surface area contributed by atoms with E-state index in [2.05, 4.69) is 15.6 Å². The van der Waals surface area contributed by atoms with Crippen LogP contribution < -0.4 is 11.1 Å². The lowest BCUT2D eigenvalue weighted by molar-refractivity contribution is 0.0992. The zero-order valence-corrected chi connectivity index (χ0v) is 16.5. The molecule has 4 aromatic rings. The lowest BCUT2D eigenvalue weighted by Gasteiger charge is -2.07. The van der Waals surface area contributed by atoms with Crippen LogP contribution in [0.1, 0.15) is 26.5 Å². The van der Waals surface area contributed by atoms with Gasteiger partial charge in [-0.1, -0.05) is 47.7 Å². The van der Waals surface area contributed by atoms with Crippen molar-refractivity contribution in [1.82, 2.24) is 15.0 Å². The van der Waals surface area contributed by atoms with Crippen molar-refractivity contribution in [2.24, 2.45) is 5.73 Å². The van der Waals surface area contributed by atoms with Crippen molar-refractivity contribution in [2.75, 3.05) is 5.32 Å². The van der Waals surface area contributed by atoms with Crippen LogP contribution in [0.25, 0.3) is 16.8 Å². The van der Waals surface area contributed by atoms with E-state index in [1.165, 1.54) is 12.1 Å². The molecule has 1 heterocycles. The van der Waals surface area contributed by atoms with Gasteiger partial charge in [-0.3, -0.25) is 9.59 Å². The molecule has 0 unspecified atom stereocenters. The molecule has 0 radical (unpaired) electrons. The summed E-state index contributed by atoms with van der Waals surface area (Å²) in [4.78, 5) is 24.0. The SMILES string of the molecule is Cc1c(C(=O)Nc2ccc(F)c(C(N)=O)c2)nnn1-c1ccc(-c2ccccc2)cc1. The maximum absolute atomic E-state index is 13.6. The largest absolute Gasteiger partial charge is 0.366 e. The molecule has 0 aliphatic heterocycles. The van der Waals surface area contributed by atoms with Crippen LogP contribution in [-0.4, -0.2) is 26.8 Å². The first-order chi connectivity index (χ1) is 14.9. The highest BCUT2D eigenvalue weighted by Crippen LogP contribution is 2.22. The molecule has 0 spiro atoms. The number of anilines is 1. The third kappa shape index (κ3) is 4.04. The highest BCUT2D eigenvalue weighted by Gasteiger charge is 2.18. The predicted octanol–water partition coefficient (Wildman–Crippen LogP) is 3.73. The standard InChI is InChI=1S/C23H18FN5O2/c1-14-21(23(31)26-17-9-12-20(24)19(13-17)22(25)30)27-28-29(14)18-10-7-16(8-11-18)15-5-3-2-4-6-15/h2-13H,1H3,(H2,25,30)(H,26,31). The molecule has 3 aromatic carbocycles. The molecule has 2 amide bonds. The fraction of sp³-hybridized carbons (Fsp3) is 0.0435. The number of nitrogens with zero attached hydrogens (tertiary/aromatic N) is 3. The Morgan fingerprint density at radius 1 is 0.968 bits per heavy atom. The topological polar surface area (TPSA) is 103 Å². The minimum Gasteiger partial charge on any atom is -0.366 e. The van der Waals surface area contributed by atoms with E-state index in [4.69, 9.17) is 5.73 Å². The first-order valence-corrected chi connectivity index (χ1v) is 9.43. The summed E-state index contributed by atoms with van der Waals surface area (Å²) >= 11 is 0. The first-order valence-electron chi connectivity index (χ1n) is 9.43. The number of nitrogens with one attached hydrogen (secondary N) is 1. The maximum atomic E-state index is 13.6. The number of amides is 2. The Balaban J connectivity index is 1.56. The van der Waals surface area contributed by atoms with Crippen LogP contribution in [0.2, 0.25) is 0 Å². The number of carbonyl (C=O) groups excluding carboxylic acids is 2. The summed E-state index contributed by atoms with van der Waals surface area (Å²) in [5.74, 6) is -2.21. The molecular weight excluding hydrogens is 397 g/mol. The van der Waals surface area contributed by atoms with Gasteiger partial charge in [-0.05, 0) is 48.4 Å². The van der Waals surface area contributed by atoms with Gasteiger partial charge in [0.15, 0.2) is 5.69 Å². The lowest BCUT2D eigenvalue weighted by atomic mass is 10.1. The van der Waals surface area contributed by atoms with Gasteiger partial charge in [0, 0.05) is 5.69 Å². The zero-order chi connectivity index (χ0) is 22.0. The molecule has 0 fully saturated rings. The van der Waals surface area contributed by atoms with Crippen LogP contribution in [-0.2, 0) is 0 Å². The monoisotopic (exact) mass is 415 g/mol. The van der Waals surface area contributed by atoms with E-state index in [1.54, 1.807) is 11.6 Å². The first kappa shape index (κ1) is 20.0. The number of primary amides is 1. The summed E-state index contributed by atoms with van der Waals surface area (Å²) in [5.41, 5.74) is 8.61. The lowest BCUT2D eigenvalue weighted by Crippen LogP contribution is -2.17. The minimum atomic E-state index is -0.922. The van der Waals surface area contributed by atoms with Crippen LogP contribution in [0.4, 0.5) is 10.1 Å². The molecule has 0 aliphatic carbocycles. The molecule has 3 N–H and O–H groups in total. The second-order valence-electron chi connectivity index (χ2n) is 6.86. The second-order valence-corrected chi connectivity index (χ2v) is 6.86. The number of nitrogens with two attached hydrogens (primary N) is 1. The number of hydrogen-bond acceptors (Lipinski definition) is 4. The summed E-state index contributed by atoms with van der Waals surface area (Å²) in [6, 6.07) is 21.3. The second kappa shape index (κ2) is 8.19. The number of benzene rings is 3. The molecule has 1 aromatic heterocycles. The van der Waals surface area contributed by atoms with E-state index in [-0.39, 0.29) is 16.9 Å². The molecule has 8 heteroatoms. The van der Waals surface area contributed by atoms with Crippen molar-refractivity contribution in [1.29, 1.82) is 0 Å². The summed E-state index contributed by atoms with van der Waals surface area (Å²) in [5, 5.41) is 10.6. The normalized spacial score (nSPS) is 10.6. The molecule has 7 nitrogen and oxygen atoms in total. The van der Waals surface area contributed by atoms with Crippen molar-refractivity contribution in [2.45, 2.75) is 6.92 Å². The van der Waals surface area contributed by atoms with Gasteiger partial charge in [0.25, 0.3) is 11.8 Å². The maximum Gasteiger partial charge on any atom is 0.278 e. The number of carbonyl (C=O) groups is 2. The third-order valence-corrected chi connectivity index (χ3v) is 4.82. The number of halogens is 1. The Bertz CT molecular complexity index is 1270. The third-order valence-electron chi connectivity index (χ3n) is 4.82. The highest BCUT2D eigenvalue weighted by molar-refractivity contribution is 6.04. The van der Waals surface area contributed by atoms with Crippen LogP contribution in [0.5, 0.6) is 0 Å². The fourth-order valence-corrected chi connectivity index (χ4v) is 3.19. The minimum absolute atomic E-state index is 0.108. The van der Waals surface area contributed by atoms with Gasteiger partial charge in [-0.25, -0.2) is 9.07 Å². The van der Waals surface area contributed by atoms with Crippen molar-refractivity contribution in [3.8, 4) is 16.8 Å². The molecule has 4 rings (SSSR count). The summed E-state index contributed by atoms with van der Waals surface area (Å²) in [6.07, 6.45) is 0. The van der Waals surface area contributed by atoms with Gasteiger partial charge in [0.1, 0.15) is 5.82 Å². The van der Waals surface area contributed by atoms with Gasteiger partial charge in [-0.15, -0.1) is 5.10 Å². The molecular formula is C23H18FN5O2. The highest BCUT2D eigenvalue weighted by atomic mass is 19.1. The van der Waals surface area contributed by atoms with Crippen molar-refractivity contribution < 1.29 is 14.0 Å². The zero-order valence-electron chi connectivity index (χ0n) is 16.5. The van der Waals surface area contributed by atoms with E-state index in [0.29, 0.717) is 5.69 Å². The smallest absolute Gasteiger partial charge is 0.278 e. The number of rotatable bonds is 5. The Morgan fingerprint density at radius 3 is 2.32 bits per heavy atom. The van der Waals surface area contributed by atoms with Gasteiger partial charge in [0.05, 0.1) is 16.9 Å². The predicted molar refractivity (Wildman–Crippen MR) is 114 cm³/mol. The van der Waals surface area contributed by atoms with Crippen LogP contribution in [0.3, 0.4) is 0 Å². The van der Waals surface area contributed by atoms with E-state index < -0.39 is 17.6 Å². The number of aromatic nitrogens is 3. The van der Waals surface area contributed by atoms with Crippen LogP contribution in [0.15, 0.2) is 72.8 Å². The van der Waals surface area contributed by atoms with Crippen molar-refractivity contribution in [3.63, 3.8) is 0 Å². The summed E-state index contributed by atoms with van der Waals surface area (Å²) < 4.78 is 15.2. The Labute approximate surface area is 177 Å². The van der Waals surface area contributed by atoms with E-state index in [0.717, 1.165) is 22.9 Å². The molecule has 0 aliphatic rings.